The van der Waals surface area contributed by atoms with Gasteiger partial charge in [-0.05, 0) is 5.56 Å². The number of benzene rings is 1. The zero-order chi connectivity index (χ0) is 12.9. The zero-order valence-electron chi connectivity index (χ0n) is 10.4. The Labute approximate surface area is 102 Å². The molecule has 0 aromatic heterocycles. The van der Waals surface area contributed by atoms with Crippen molar-refractivity contribution >= 4 is 6.09 Å². The van der Waals surface area contributed by atoms with Crippen molar-refractivity contribution in [2.45, 2.75) is 19.3 Å². The van der Waals surface area contributed by atoms with E-state index >= 15 is 0 Å². The van der Waals surface area contributed by atoms with Gasteiger partial charge in [-0.2, -0.15) is 0 Å². The first-order valence-corrected chi connectivity index (χ1v) is 5.61. The van der Waals surface area contributed by atoms with Crippen LogP contribution in [0.25, 0.3) is 0 Å². The summed E-state index contributed by atoms with van der Waals surface area (Å²) in [7, 11) is 0. The summed E-state index contributed by atoms with van der Waals surface area (Å²) in [5, 5.41) is 9.09. The Morgan fingerprint density at radius 2 is 2.00 bits per heavy atom. The van der Waals surface area contributed by atoms with Crippen LogP contribution in [0.2, 0.25) is 0 Å². The summed E-state index contributed by atoms with van der Waals surface area (Å²) < 4.78 is 0. The second kappa shape index (κ2) is 5.53. The van der Waals surface area contributed by atoms with Crippen LogP contribution in [0.15, 0.2) is 43.0 Å². The zero-order valence-corrected chi connectivity index (χ0v) is 10.4. The number of amides is 1. The fourth-order valence-corrected chi connectivity index (χ4v) is 1.82. The van der Waals surface area contributed by atoms with E-state index in [1.807, 2.05) is 44.2 Å². The quantitative estimate of drug-likeness (QED) is 0.794. The lowest BCUT2D eigenvalue weighted by Crippen LogP contribution is -2.40. The first kappa shape index (κ1) is 13.3. The SMILES string of the molecule is C=CCN(CC(C)(C)c1ccccc1)C(=O)O. The summed E-state index contributed by atoms with van der Waals surface area (Å²) in [6, 6.07) is 9.94. The van der Waals surface area contributed by atoms with Crippen molar-refractivity contribution < 1.29 is 9.90 Å². The van der Waals surface area contributed by atoms with Crippen molar-refractivity contribution in [2.75, 3.05) is 13.1 Å². The van der Waals surface area contributed by atoms with Gasteiger partial charge in [0.25, 0.3) is 0 Å². The van der Waals surface area contributed by atoms with E-state index in [0.717, 1.165) is 5.56 Å². The minimum atomic E-state index is -0.908. The van der Waals surface area contributed by atoms with Crippen molar-refractivity contribution in [2.24, 2.45) is 0 Å². The van der Waals surface area contributed by atoms with Crippen LogP contribution in [0.3, 0.4) is 0 Å². The van der Waals surface area contributed by atoms with E-state index in [9.17, 15) is 4.79 Å². The average Bonchev–Trinajstić information content (AvgIpc) is 2.29. The molecule has 0 fully saturated rings. The molecule has 0 spiro atoms. The van der Waals surface area contributed by atoms with Crippen LogP contribution in [0.4, 0.5) is 4.79 Å². The Hall–Kier alpha value is -1.77. The molecule has 92 valence electrons. The minimum Gasteiger partial charge on any atom is -0.465 e. The largest absolute Gasteiger partial charge is 0.465 e. The Balaban J connectivity index is 2.84. The molecule has 17 heavy (non-hydrogen) atoms. The lowest BCUT2D eigenvalue weighted by atomic mass is 9.84. The molecule has 0 radical (unpaired) electrons. The molecule has 0 aliphatic heterocycles. The highest BCUT2D eigenvalue weighted by atomic mass is 16.4. The number of rotatable bonds is 5. The average molecular weight is 233 g/mol. The summed E-state index contributed by atoms with van der Waals surface area (Å²) in [6.07, 6.45) is 0.698. The van der Waals surface area contributed by atoms with Gasteiger partial charge < -0.3 is 10.0 Å². The molecular formula is C14H19NO2. The van der Waals surface area contributed by atoms with E-state index < -0.39 is 6.09 Å². The molecule has 1 rings (SSSR count). The number of carbonyl (C=O) groups is 1. The van der Waals surface area contributed by atoms with Gasteiger partial charge in [-0.3, -0.25) is 0 Å². The molecule has 1 amide bonds. The third-order valence-corrected chi connectivity index (χ3v) is 2.76. The fraction of sp³-hybridized carbons (Fsp3) is 0.357. The molecule has 1 aromatic carbocycles. The molecular weight excluding hydrogens is 214 g/mol. The maximum atomic E-state index is 11.1. The molecule has 0 bridgehead atoms. The number of hydrogen-bond acceptors (Lipinski definition) is 1. The van der Waals surface area contributed by atoms with E-state index in [2.05, 4.69) is 6.58 Å². The van der Waals surface area contributed by atoms with Crippen molar-refractivity contribution in [1.82, 2.24) is 4.90 Å². The van der Waals surface area contributed by atoms with Crippen molar-refractivity contribution in [3.8, 4) is 0 Å². The number of nitrogens with zero attached hydrogens (tertiary/aromatic N) is 1. The maximum Gasteiger partial charge on any atom is 0.407 e. The lowest BCUT2D eigenvalue weighted by Gasteiger charge is -2.31. The van der Waals surface area contributed by atoms with Gasteiger partial charge in [-0.15, -0.1) is 6.58 Å². The second-order valence-corrected chi connectivity index (χ2v) is 4.70. The van der Waals surface area contributed by atoms with E-state index in [0.29, 0.717) is 13.1 Å². The molecule has 0 unspecified atom stereocenters. The van der Waals surface area contributed by atoms with Crippen LogP contribution < -0.4 is 0 Å². The summed E-state index contributed by atoms with van der Waals surface area (Å²) in [5.41, 5.74) is 0.929. The van der Waals surface area contributed by atoms with Gasteiger partial charge in [0, 0.05) is 18.5 Å². The predicted octanol–water partition coefficient (Wildman–Crippen LogP) is 3.13. The van der Waals surface area contributed by atoms with Gasteiger partial charge in [0.15, 0.2) is 0 Å². The van der Waals surface area contributed by atoms with E-state index in [1.54, 1.807) is 6.08 Å². The van der Waals surface area contributed by atoms with Crippen LogP contribution in [-0.4, -0.2) is 29.2 Å². The fourth-order valence-electron chi connectivity index (χ4n) is 1.82. The lowest BCUT2D eigenvalue weighted by molar-refractivity contribution is 0.141. The molecule has 0 saturated carbocycles. The van der Waals surface area contributed by atoms with Crippen LogP contribution in [0.1, 0.15) is 19.4 Å². The Morgan fingerprint density at radius 1 is 1.41 bits per heavy atom. The van der Waals surface area contributed by atoms with Gasteiger partial charge in [0.2, 0.25) is 0 Å². The van der Waals surface area contributed by atoms with Crippen LogP contribution in [0, 0.1) is 0 Å². The van der Waals surface area contributed by atoms with Gasteiger partial charge in [0.05, 0.1) is 0 Å². The molecule has 0 aliphatic carbocycles. The molecule has 0 heterocycles. The predicted molar refractivity (Wildman–Crippen MR) is 69.3 cm³/mol. The first-order valence-electron chi connectivity index (χ1n) is 5.61. The van der Waals surface area contributed by atoms with Crippen molar-refractivity contribution in [3.05, 3.63) is 48.6 Å². The van der Waals surface area contributed by atoms with Crippen LogP contribution in [0.5, 0.6) is 0 Å². The highest BCUT2D eigenvalue weighted by Gasteiger charge is 2.25. The van der Waals surface area contributed by atoms with Gasteiger partial charge in [0.1, 0.15) is 0 Å². The molecule has 3 nitrogen and oxygen atoms in total. The second-order valence-electron chi connectivity index (χ2n) is 4.70. The Bertz CT molecular complexity index is 384. The topological polar surface area (TPSA) is 40.5 Å². The molecule has 0 atom stereocenters. The number of carboxylic acid groups (broad SMARTS) is 1. The standard InChI is InChI=1S/C14H19NO2/c1-4-10-15(13(16)17)11-14(2,3)12-8-6-5-7-9-12/h4-9H,1,10-11H2,2-3H3,(H,16,17). The third-order valence-electron chi connectivity index (χ3n) is 2.76. The van der Waals surface area contributed by atoms with Crippen molar-refractivity contribution in [1.29, 1.82) is 0 Å². The maximum absolute atomic E-state index is 11.1. The van der Waals surface area contributed by atoms with Crippen LogP contribution in [-0.2, 0) is 5.41 Å². The Kier molecular flexibility index (Phi) is 4.32. The highest BCUT2D eigenvalue weighted by molar-refractivity contribution is 5.65. The van der Waals surface area contributed by atoms with Crippen LogP contribution >= 0.6 is 0 Å². The smallest absolute Gasteiger partial charge is 0.407 e. The summed E-state index contributed by atoms with van der Waals surface area (Å²) in [6.45, 7) is 8.48. The van der Waals surface area contributed by atoms with Gasteiger partial charge in [-0.1, -0.05) is 50.3 Å². The summed E-state index contributed by atoms with van der Waals surface area (Å²) in [5.74, 6) is 0. The molecule has 0 aliphatic rings. The van der Waals surface area contributed by atoms with E-state index in [4.69, 9.17) is 5.11 Å². The van der Waals surface area contributed by atoms with E-state index in [1.165, 1.54) is 4.90 Å². The summed E-state index contributed by atoms with van der Waals surface area (Å²) >= 11 is 0. The first-order chi connectivity index (χ1) is 7.97. The highest BCUT2D eigenvalue weighted by Crippen LogP contribution is 2.24. The van der Waals surface area contributed by atoms with Crippen molar-refractivity contribution in [3.63, 3.8) is 0 Å². The van der Waals surface area contributed by atoms with Gasteiger partial charge >= 0.3 is 6.09 Å². The van der Waals surface area contributed by atoms with Gasteiger partial charge in [-0.25, -0.2) is 4.79 Å². The van der Waals surface area contributed by atoms with E-state index in [-0.39, 0.29) is 5.41 Å². The molecule has 3 heteroatoms. The molecule has 0 saturated heterocycles. The normalized spacial score (nSPS) is 10.9. The molecule has 1 N–H and O–H groups in total. The minimum absolute atomic E-state index is 0.206. The monoisotopic (exact) mass is 233 g/mol. The Morgan fingerprint density at radius 3 is 2.47 bits per heavy atom. The number of hydrogen-bond donors (Lipinski definition) is 1. The third kappa shape index (κ3) is 3.63. The molecule has 1 aromatic rings. The summed E-state index contributed by atoms with van der Waals surface area (Å²) in [4.78, 5) is 12.5.